The summed E-state index contributed by atoms with van der Waals surface area (Å²) in [5.74, 6) is -1.14. The number of para-hydroxylation sites is 1. The maximum atomic E-state index is 13.5. The van der Waals surface area contributed by atoms with E-state index < -0.39 is 28.7 Å². The maximum Gasteiger partial charge on any atom is 0.352 e. The van der Waals surface area contributed by atoms with Crippen LogP contribution in [0.3, 0.4) is 0 Å². The molecule has 0 fully saturated rings. The highest BCUT2D eigenvalue weighted by atomic mass is 19.1. The summed E-state index contributed by atoms with van der Waals surface area (Å²) in [6.07, 6.45) is 0.682. The Labute approximate surface area is 160 Å². The fourth-order valence-corrected chi connectivity index (χ4v) is 2.67. The molecule has 0 unspecified atom stereocenters. The topological polar surface area (TPSA) is 86.0 Å². The summed E-state index contributed by atoms with van der Waals surface area (Å²) in [7, 11) is 0. The third kappa shape index (κ3) is 4.06. The van der Waals surface area contributed by atoms with Gasteiger partial charge in [-0.05, 0) is 36.2 Å². The summed E-state index contributed by atoms with van der Waals surface area (Å²) < 4.78 is 15.4. The van der Waals surface area contributed by atoms with E-state index in [0.717, 1.165) is 9.25 Å². The quantitative estimate of drug-likeness (QED) is 0.703. The average Bonchev–Trinajstić information content (AvgIpc) is 2.70. The first kappa shape index (κ1) is 19.2. The molecule has 1 aromatic heterocycles. The molecule has 28 heavy (non-hydrogen) atoms. The summed E-state index contributed by atoms with van der Waals surface area (Å²) in [6.45, 7) is 2.06. The smallest absolute Gasteiger partial charge is 0.350 e. The Morgan fingerprint density at radius 1 is 1.11 bits per heavy atom. The van der Waals surface area contributed by atoms with Gasteiger partial charge in [0.2, 0.25) is 5.69 Å². The number of nitrogens with one attached hydrogen (secondary N) is 1. The highest BCUT2D eigenvalue weighted by Crippen LogP contribution is 2.05. The molecule has 8 heteroatoms. The molecule has 0 aliphatic rings. The monoisotopic (exact) mass is 382 g/mol. The van der Waals surface area contributed by atoms with Crippen LogP contribution in [0.2, 0.25) is 0 Å². The number of rotatable bonds is 6. The Morgan fingerprint density at radius 2 is 1.86 bits per heavy atom. The van der Waals surface area contributed by atoms with Crippen molar-refractivity contribution in [2.24, 2.45) is 0 Å². The number of hydrogen-bond donors (Lipinski definition) is 1. The molecule has 0 saturated heterocycles. The molecule has 3 rings (SSSR count). The molecule has 3 aromatic rings. The molecular weight excluding hydrogens is 363 g/mol. The minimum Gasteiger partial charge on any atom is -0.350 e. The van der Waals surface area contributed by atoms with Gasteiger partial charge in [0, 0.05) is 6.54 Å². The van der Waals surface area contributed by atoms with Crippen LogP contribution in [0.25, 0.3) is 5.69 Å². The number of carbonyl (C=O) groups is 1. The van der Waals surface area contributed by atoms with E-state index in [9.17, 15) is 18.8 Å². The number of benzene rings is 2. The summed E-state index contributed by atoms with van der Waals surface area (Å²) in [5, 5.41) is 6.60. The molecule has 0 bridgehead atoms. The minimum absolute atomic E-state index is 0.182. The van der Waals surface area contributed by atoms with Crippen LogP contribution in [0.4, 0.5) is 4.39 Å². The Morgan fingerprint density at radius 3 is 2.54 bits per heavy atom. The molecule has 144 valence electrons. The molecule has 0 spiro atoms. The van der Waals surface area contributed by atoms with E-state index in [1.807, 2.05) is 6.92 Å². The van der Waals surface area contributed by atoms with Crippen molar-refractivity contribution >= 4 is 5.91 Å². The summed E-state index contributed by atoms with van der Waals surface area (Å²) >= 11 is 0. The van der Waals surface area contributed by atoms with Crippen molar-refractivity contribution in [2.45, 2.75) is 19.9 Å². The first-order valence-electron chi connectivity index (χ1n) is 8.83. The zero-order valence-electron chi connectivity index (χ0n) is 15.3. The van der Waals surface area contributed by atoms with Crippen LogP contribution in [-0.2, 0) is 6.54 Å². The molecule has 0 aliphatic carbocycles. The third-order valence-electron chi connectivity index (χ3n) is 4.04. The van der Waals surface area contributed by atoms with Crippen molar-refractivity contribution in [2.75, 3.05) is 6.54 Å². The van der Waals surface area contributed by atoms with Gasteiger partial charge in [0.25, 0.3) is 11.5 Å². The van der Waals surface area contributed by atoms with E-state index in [2.05, 4.69) is 10.4 Å². The van der Waals surface area contributed by atoms with Crippen LogP contribution in [0.5, 0.6) is 0 Å². The molecule has 0 radical (unpaired) electrons. The largest absolute Gasteiger partial charge is 0.352 e. The Kier molecular flexibility index (Phi) is 5.78. The van der Waals surface area contributed by atoms with Gasteiger partial charge >= 0.3 is 5.69 Å². The van der Waals surface area contributed by atoms with E-state index in [1.54, 1.807) is 36.4 Å². The molecule has 0 aliphatic heterocycles. The Hall–Kier alpha value is -3.55. The lowest BCUT2D eigenvalue weighted by Gasteiger charge is -2.12. The number of halogens is 1. The van der Waals surface area contributed by atoms with Crippen molar-refractivity contribution in [3.63, 3.8) is 0 Å². The molecular formula is C20H19FN4O3. The van der Waals surface area contributed by atoms with Crippen LogP contribution in [0.1, 0.15) is 29.4 Å². The second kappa shape index (κ2) is 8.43. The number of carbonyl (C=O) groups excluding carboxylic acids is 1. The van der Waals surface area contributed by atoms with Crippen molar-refractivity contribution in [1.82, 2.24) is 19.7 Å². The fourth-order valence-electron chi connectivity index (χ4n) is 2.67. The van der Waals surface area contributed by atoms with E-state index in [-0.39, 0.29) is 6.54 Å². The molecule has 0 saturated carbocycles. The van der Waals surface area contributed by atoms with Gasteiger partial charge in [-0.3, -0.25) is 14.2 Å². The molecule has 7 nitrogen and oxygen atoms in total. The number of amides is 1. The normalized spacial score (nSPS) is 10.6. The molecule has 0 atom stereocenters. The second-order valence-electron chi connectivity index (χ2n) is 6.16. The first-order valence-corrected chi connectivity index (χ1v) is 8.83. The zero-order chi connectivity index (χ0) is 20.1. The summed E-state index contributed by atoms with van der Waals surface area (Å²) in [5.41, 5.74) is -1.11. The van der Waals surface area contributed by atoms with Crippen LogP contribution in [0, 0.1) is 5.82 Å². The van der Waals surface area contributed by atoms with E-state index in [0.29, 0.717) is 24.2 Å². The van der Waals surface area contributed by atoms with Crippen molar-refractivity contribution in [3.05, 3.63) is 92.5 Å². The second-order valence-corrected chi connectivity index (χ2v) is 6.16. The highest BCUT2D eigenvalue weighted by molar-refractivity contribution is 5.91. The van der Waals surface area contributed by atoms with Crippen LogP contribution in [0.15, 0.2) is 64.2 Å². The number of hydrogen-bond acceptors (Lipinski definition) is 4. The van der Waals surface area contributed by atoms with Crippen LogP contribution >= 0.6 is 0 Å². The van der Waals surface area contributed by atoms with Gasteiger partial charge < -0.3 is 5.32 Å². The SMILES string of the molecule is CCCNC(=O)c1nn(-c2ccccc2)c(=O)n(Cc2cccc(F)c2)c1=O. The summed E-state index contributed by atoms with van der Waals surface area (Å²) in [6, 6.07) is 14.1. The van der Waals surface area contributed by atoms with Gasteiger partial charge in [-0.15, -0.1) is 0 Å². The Balaban J connectivity index is 2.17. The van der Waals surface area contributed by atoms with Crippen molar-refractivity contribution < 1.29 is 9.18 Å². The summed E-state index contributed by atoms with van der Waals surface area (Å²) in [4.78, 5) is 38.1. The Bertz CT molecular complexity index is 1110. The van der Waals surface area contributed by atoms with Gasteiger partial charge in [0.1, 0.15) is 5.82 Å². The first-order chi connectivity index (χ1) is 13.5. The van der Waals surface area contributed by atoms with Crippen molar-refractivity contribution in [3.8, 4) is 5.69 Å². The van der Waals surface area contributed by atoms with Gasteiger partial charge in [-0.25, -0.2) is 9.18 Å². The van der Waals surface area contributed by atoms with Gasteiger partial charge in [0.05, 0.1) is 12.2 Å². The average molecular weight is 382 g/mol. The van der Waals surface area contributed by atoms with E-state index in [4.69, 9.17) is 0 Å². The van der Waals surface area contributed by atoms with Crippen LogP contribution in [-0.4, -0.2) is 26.8 Å². The van der Waals surface area contributed by atoms with E-state index >= 15 is 0 Å². The number of aromatic nitrogens is 3. The standard InChI is InChI=1S/C20H19FN4O3/c1-2-11-22-18(26)17-19(27)24(13-14-7-6-8-15(21)12-14)20(28)25(23-17)16-9-4-3-5-10-16/h3-10,12H,2,11,13H2,1H3,(H,22,26). The predicted octanol–water partition coefficient (Wildman–Crippen LogP) is 1.72. The lowest BCUT2D eigenvalue weighted by atomic mass is 10.2. The van der Waals surface area contributed by atoms with E-state index in [1.165, 1.54) is 18.2 Å². The third-order valence-corrected chi connectivity index (χ3v) is 4.04. The molecule has 2 aromatic carbocycles. The molecule has 1 heterocycles. The van der Waals surface area contributed by atoms with Crippen molar-refractivity contribution in [1.29, 1.82) is 0 Å². The molecule has 1 N–H and O–H groups in total. The lowest BCUT2D eigenvalue weighted by molar-refractivity contribution is 0.0944. The highest BCUT2D eigenvalue weighted by Gasteiger charge is 2.20. The predicted molar refractivity (Wildman–Crippen MR) is 102 cm³/mol. The van der Waals surface area contributed by atoms with Gasteiger partial charge in [-0.1, -0.05) is 37.3 Å². The van der Waals surface area contributed by atoms with Crippen LogP contribution < -0.4 is 16.6 Å². The maximum absolute atomic E-state index is 13.5. The lowest BCUT2D eigenvalue weighted by Crippen LogP contribution is -2.46. The molecule has 1 amide bonds. The number of nitrogens with zero attached hydrogens (tertiary/aromatic N) is 3. The fraction of sp³-hybridized carbons (Fsp3) is 0.200. The zero-order valence-corrected chi connectivity index (χ0v) is 15.3. The van der Waals surface area contributed by atoms with Gasteiger partial charge in [0.15, 0.2) is 0 Å². The minimum atomic E-state index is -0.824. The van der Waals surface area contributed by atoms with Gasteiger partial charge in [-0.2, -0.15) is 9.78 Å².